The first-order valence-electron chi connectivity index (χ1n) is 7.86. The first kappa shape index (κ1) is 19.0. The quantitative estimate of drug-likeness (QED) is 0.472. The molecule has 26 heavy (non-hydrogen) atoms. The summed E-state index contributed by atoms with van der Waals surface area (Å²) in [7, 11) is 1.32. The molecule has 0 aliphatic rings. The van der Waals surface area contributed by atoms with Gasteiger partial charge >= 0.3 is 5.97 Å². The van der Waals surface area contributed by atoms with Crippen LogP contribution in [0.4, 0.5) is 0 Å². The normalized spacial score (nSPS) is 11.0. The van der Waals surface area contributed by atoms with E-state index in [0.717, 1.165) is 11.1 Å². The summed E-state index contributed by atoms with van der Waals surface area (Å²) in [5, 5.41) is 8.80. The molecule has 0 aliphatic heterocycles. The Morgan fingerprint density at radius 2 is 1.31 bits per heavy atom. The summed E-state index contributed by atoms with van der Waals surface area (Å²) in [6.07, 6.45) is 6.13. The number of esters is 1. The van der Waals surface area contributed by atoms with Crippen LogP contribution in [0.15, 0.2) is 60.7 Å². The fourth-order valence-electron chi connectivity index (χ4n) is 2.13. The second-order valence-electron chi connectivity index (χ2n) is 5.39. The highest BCUT2D eigenvalue weighted by Gasteiger charge is 2.04. The summed E-state index contributed by atoms with van der Waals surface area (Å²) in [5.74, 6) is -0.957. The van der Waals surface area contributed by atoms with Crippen LogP contribution in [-0.4, -0.2) is 36.4 Å². The number of aliphatic hydroxyl groups excluding tert-OH is 1. The average molecular weight is 350 g/mol. The van der Waals surface area contributed by atoms with Gasteiger partial charge in [0.15, 0.2) is 11.6 Å². The Bertz CT molecular complexity index is 771. The zero-order valence-electron chi connectivity index (χ0n) is 14.2. The van der Waals surface area contributed by atoms with Crippen molar-refractivity contribution in [3.05, 3.63) is 82.9 Å². The predicted octanol–water partition coefficient (Wildman–Crippen LogP) is 2.94. The number of ketones is 2. The number of methoxy groups -OCH3 is 1. The third kappa shape index (κ3) is 5.36. The van der Waals surface area contributed by atoms with Crippen LogP contribution < -0.4 is 0 Å². The van der Waals surface area contributed by atoms with Gasteiger partial charge in [-0.05, 0) is 35.4 Å². The Labute approximate surface area is 151 Å². The number of Topliss-reactive ketones (excluding diaryl/α,β-unsaturated/α-hetero) is 1. The number of ether oxygens (including phenoxy) is 1. The minimum absolute atomic E-state index is 0.197. The molecule has 5 nitrogen and oxygen atoms in total. The van der Waals surface area contributed by atoms with Crippen LogP contribution in [0.5, 0.6) is 0 Å². The lowest BCUT2D eigenvalue weighted by atomic mass is 10.1. The van der Waals surface area contributed by atoms with Crippen LogP contribution in [0.2, 0.25) is 0 Å². The second kappa shape index (κ2) is 9.25. The van der Waals surface area contributed by atoms with Gasteiger partial charge in [0, 0.05) is 5.56 Å². The van der Waals surface area contributed by atoms with Crippen molar-refractivity contribution < 1.29 is 24.2 Å². The van der Waals surface area contributed by atoms with E-state index in [0.29, 0.717) is 11.1 Å². The van der Waals surface area contributed by atoms with E-state index < -0.39 is 12.6 Å². The molecule has 1 N–H and O–H groups in total. The highest BCUT2D eigenvalue weighted by atomic mass is 16.5. The summed E-state index contributed by atoms with van der Waals surface area (Å²) in [4.78, 5) is 34.6. The summed E-state index contributed by atoms with van der Waals surface area (Å²) in [6.45, 7) is -0.529. The van der Waals surface area contributed by atoms with Crippen LogP contribution in [-0.2, 0) is 9.53 Å². The number of carbonyl (C=O) groups is 3. The molecule has 0 heterocycles. The first-order valence-corrected chi connectivity index (χ1v) is 7.86. The number of hydrogen-bond donors (Lipinski definition) is 1. The zero-order chi connectivity index (χ0) is 18.9. The van der Waals surface area contributed by atoms with Gasteiger partial charge in [-0.1, -0.05) is 48.6 Å². The van der Waals surface area contributed by atoms with E-state index in [1.807, 2.05) is 0 Å². The Hall–Kier alpha value is -3.31. The molecule has 0 fully saturated rings. The lowest BCUT2D eigenvalue weighted by Gasteiger charge is -1.99. The van der Waals surface area contributed by atoms with Crippen molar-refractivity contribution >= 4 is 29.7 Å². The van der Waals surface area contributed by atoms with E-state index in [4.69, 9.17) is 5.11 Å². The van der Waals surface area contributed by atoms with E-state index in [-0.39, 0.29) is 11.6 Å². The summed E-state index contributed by atoms with van der Waals surface area (Å²) >= 11 is 0. The van der Waals surface area contributed by atoms with Gasteiger partial charge < -0.3 is 9.84 Å². The summed E-state index contributed by atoms with van der Waals surface area (Å²) in [5.41, 5.74) is 2.42. The number of benzene rings is 2. The molecular formula is C21H18O5. The molecule has 2 rings (SSSR count). The van der Waals surface area contributed by atoms with Gasteiger partial charge in [0.1, 0.15) is 6.61 Å². The van der Waals surface area contributed by atoms with Gasteiger partial charge in [-0.25, -0.2) is 4.79 Å². The van der Waals surface area contributed by atoms with Crippen molar-refractivity contribution in [2.45, 2.75) is 0 Å². The Morgan fingerprint density at radius 3 is 1.73 bits per heavy atom. The molecule has 0 saturated carbocycles. The summed E-state index contributed by atoms with van der Waals surface area (Å²) in [6, 6.07) is 13.3. The van der Waals surface area contributed by atoms with Crippen molar-refractivity contribution in [3.8, 4) is 0 Å². The molecule has 0 amide bonds. The maximum atomic E-state index is 11.9. The molecule has 0 aromatic heterocycles. The molecule has 2 aromatic rings. The number of aliphatic hydroxyl groups is 1. The lowest BCUT2D eigenvalue weighted by Crippen LogP contribution is -2.03. The van der Waals surface area contributed by atoms with Crippen molar-refractivity contribution in [1.29, 1.82) is 0 Å². The SMILES string of the molecule is COC(=O)c1ccc(C=CC(=O)C=Cc2ccc(C(=O)CO)cc2)cc1. The molecule has 2 aromatic carbocycles. The smallest absolute Gasteiger partial charge is 0.337 e. The van der Waals surface area contributed by atoms with E-state index in [2.05, 4.69) is 4.74 Å². The second-order valence-corrected chi connectivity index (χ2v) is 5.39. The molecular weight excluding hydrogens is 332 g/mol. The minimum atomic E-state index is -0.529. The number of allylic oxidation sites excluding steroid dienone is 2. The predicted molar refractivity (Wildman–Crippen MR) is 98.7 cm³/mol. The Balaban J connectivity index is 1.97. The van der Waals surface area contributed by atoms with Gasteiger partial charge in [0.25, 0.3) is 0 Å². The fraction of sp³-hybridized carbons (Fsp3) is 0.0952. The topological polar surface area (TPSA) is 80.7 Å². The molecule has 0 spiro atoms. The molecule has 0 aliphatic carbocycles. The minimum Gasteiger partial charge on any atom is -0.465 e. The van der Waals surface area contributed by atoms with Crippen molar-refractivity contribution in [2.24, 2.45) is 0 Å². The molecule has 132 valence electrons. The van der Waals surface area contributed by atoms with Crippen LogP contribution in [0, 0.1) is 0 Å². The van der Waals surface area contributed by atoms with E-state index in [9.17, 15) is 14.4 Å². The van der Waals surface area contributed by atoms with Gasteiger partial charge in [-0.2, -0.15) is 0 Å². The third-order valence-electron chi connectivity index (χ3n) is 3.59. The number of hydrogen-bond acceptors (Lipinski definition) is 5. The monoisotopic (exact) mass is 350 g/mol. The molecule has 0 unspecified atom stereocenters. The van der Waals surface area contributed by atoms with Gasteiger partial charge in [-0.3, -0.25) is 9.59 Å². The average Bonchev–Trinajstić information content (AvgIpc) is 2.70. The standard InChI is InChI=1S/C21H18O5/c1-26-21(25)18-10-4-16(5-11-18)7-13-19(23)12-6-15-2-8-17(9-3-15)20(24)14-22/h2-13,22H,14H2,1H3. The Kier molecular flexibility index (Phi) is 6.76. The largest absolute Gasteiger partial charge is 0.465 e. The molecule has 0 bridgehead atoms. The fourth-order valence-corrected chi connectivity index (χ4v) is 2.13. The van der Waals surface area contributed by atoms with Crippen LogP contribution in [0.25, 0.3) is 12.2 Å². The van der Waals surface area contributed by atoms with Crippen molar-refractivity contribution in [2.75, 3.05) is 13.7 Å². The molecule has 0 saturated heterocycles. The highest BCUT2D eigenvalue weighted by molar-refractivity contribution is 6.04. The van der Waals surface area contributed by atoms with E-state index in [1.165, 1.54) is 19.3 Å². The molecule has 5 heteroatoms. The highest BCUT2D eigenvalue weighted by Crippen LogP contribution is 2.09. The van der Waals surface area contributed by atoms with Crippen LogP contribution in [0.3, 0.4) is 0 Å². The molecule has 0 radical (unpaired) electrons. The van der Waals surface area contributed by atoms with Crippen molar-refractivity contribution in [1.82, 2.24) is 0 Å². The van der Waals surface area contributed by atoms with Crippen LogP contribution in [0.1, 0.15) is 31.8 Å². The van der Waals surface area contributed by atoms with Gasteiger partial charge in [0.2, 0.25) is 0 Å². The lowest BCUT2D eigenvalue weighted by molar-refractivity contribution is -0.110. The van der Waals surface area contributed by atoms with Gasteiger partial charge in [-0.15, -0.1) is 0 Å². The van der Waals surface area contributed by atoms with E-state index >= 15 is 0 Å². The Morgan fingerprint density at radius 1 is 0.846 bits per heavy atom. The van der Waals surface area contributed by atoms with Gasteiger partial charge in [0.05, 0.1) is 12.7 Å². The number of carbonyl (C=O) groups excluding carboxylic acids is 3. The number of rotatable bonds is 7. The van der Waals surface area contributed by atoms with Crippen molar-refractivity contribution in [3.63, 3.8) is 0 Å². The third-order valence-corrected chi connectivity index (χ3v) is 3.59. The maximum Gasteiger partial charge on any atom is 0.337 e. The summed E-state index contributed by atoms with van der Waals surface area (Å²) < 4.78 is 4.62. The van der Waals surface area contributed by atoms with Crippen LogP contribution >= 0.6 is 0 Å². The van der Waals surface area contributed by atoms with E-state index in [1.54, 1.807) is 60.7 Å². The zero-order valence-corrected chi connectivity index (χ0v) is 14.2. The maximum absolute atomic E-state index is 11.9. The molecule has 0 atom stereocenters. The first-order chi connectivity index (χ1) is 12.5.